The van der Waals surface area contributed by atoms with E-state index >= 15 is 0 Å². The van der Waals surface area contributed by atoms with Crippen molar-refractivity contribution >= 4 is 22.7 Å². The van der Waals surface area contributed by atoms with Gasteiger partial charge >= 0.3 is 0 Å². The van der Waals surface area contributed by atoms with Gasteiger partial charge in [-0.25, -0.2) is 9.37 Å². The lowest BCUT2D eigenvalue weighted by atomic mass is 10.0. The normalized spacial score (nSPS) is 12.3. The number of aromatic nitrogens is 1. The number of hydrogen-bond donors (Lipinski definition) is 0. The molecule has 0 aliphatic carbocycles. The summed E-state index contributed by atoms with van der Waals surface area (Å²) in [5, 5.41) is 11.8. The first-order valence-corrected chi connectivity index (χ1v) is 9.37. The Morgan fingerprint density at radius 2 is 1.89 bits per heavy atom. The molecule has 0 saturated carbocycles. The molecule has 0 N–H and O–H groups in total. The molecule has 1 atom stereocenters. The predicted octanol–water partition coefficient (Wildman–Crippen LogP) is 5.24. The summed E-state index contributed by atoms with van der Waals surface area (Å²) in [4.78, 5) is 17.1. The maximum Gasteiger partial charge on any atom is 0.180 e. The molecule has 4 nitrogen and oxygen atoms in total. The molecule has 0 radical (unpaired) electrons. The Labute approximate surface area is 166 Å². The standard InChI is InChI=1S/C22H17FN2O2S/c1-14(15-3-7-17(23)8-4-15)11-21(26)19(12-24)22-25-20(13-28-22)16-5-9-18(27-2)10-6-16/h3-11,13,19H,1-2H3/b14-11+. The van der Waals surface area contributed by atoms with Gasteiger partial charge in [0.05, 0.1) is 18.9 Å². The molecule has 1 heterocycles. The minimum atomic E-state index is -0.979. The van der Waals surface area contributed by atoms with Crippen LogP contribution in [-0.2, 0) is 4.79 Å². The zero-order chi connectivity index (χ0) is 20.1. The second-order valence-corrected chi connectivity index (χ2v) is 6.99. The SMILES string of the molecule is COc1ccc(-c2csc(C(C#N)C(=O)/C=C(\C)c3ccc(F)cc3)n2)cc1. The van der Waals surface area contributed by atoms with Gasteiger partial charge in [0.25, 0.3) is 0 Å². The summed E-state index contributed by atoms with van der Waals surface area (Å²) in [6.45, 7) is 1.75. The summed E-state index contributed by atoms with van der Waals surface area (Å²) in [7, 11) is 1.60. The number of carbonyl (C=O) groups excluding carboxylic acids is 1. The maximum absolute atomic E-state index is 13.1. The van der Waals surface area contributed by atoms with Crippen molar-refractivity contribution in [1.82, 2.24) is 4.98 Å². The van der Waals surface area contributed by atoms with E-state index in [0.717, 1.165) is 16.9 Å². The topological polar surface area (TPSA) is 63.0 Å². The quantitative estimate of drug-likeness (QED) is 0.538. The fourth-order valence-corrected chi connectivity index (χ4v) is 3.53. The first-order valence-electron chi connectivity index (χ1n) is 8.49. The highest BCUT2D eigenvalue weighted by Crippen LogP contribution is 2.29. The van der Waals surface area contributed by atoms with Crippen LogP contribution in [-0.4, -0.2) is 17.9 Å². The van der Waals surface area contributed by atoms with Crippen LogP contribution >= 0.6 is 11.3 Å². The van der Waals surface area contributed by atoms with Gasteiger partial charge in [-0.15, -0.1) is 11.3 Å². The third-order valence-electron chi connectivity index (χ3n) is 4.23. The van der Waals surface area contributed by atoms with Crippen LogP contribution in [0.3, 0.4) is 0 Å². The Morgan fingerprint density at radius 1 is 1.21 bits per heavy atom. The molecule has 0 spiro atoms. The summed E-state index contributed by atoms with van der Waals surface area (Å²) in [5.41, 5.74) is 2.97. The van der Waals surface area contributed by atoms with Crippen molar-refractivity contribution in [3.63, 3.8) is 0 Å². The average Bonchev–Trinajstić information content (AvgIpc) is 3.18. The van der Waals surface area contributed by atoms with Crippen LogP contribution < -0.4 is 4.74 Å². The third kappa shape index (κ3) is 4.33. The largest absolute Gasteiger partial charge is 0.497 e. The second kappa shape index (κ2) is 8.59. The molecule has 6 heteroatoms. The van der Waals surface area contributed by atoms with Crippen LogP contribution in [0.1, 0.15) is 23.4 Å². The smallest absolute Gasteiger partial charge is 0.180 e. The van der Waals surface area contributed by atoms with Gasteiger partial charge in [0.2, 0.25) is 0 Å². The lowest BCUT2D eigenvalue weighted by Crippen LogP contribution is -2.08. The molecule has 0 aliphatic heterocycles. The van der Waals surface area contributed by atoms with Crippen molar-refractivity contribution in [2.75, 3.05) is 7.11 Å². The number of methoxy groups -OCH3 is 1. The number of ether oxygens (including phenoxy) is 1. The van der Waals surface area contributed by atoms with E-state index in [1.165, 1.54) is 29.5 Å². The van der Waals surface area contributed by atoms with Gasteiger partial charge in [0.15, 0.2) is 11.7 Å². The zero-order valence-corrected chi connectivity index (χ0v) is 16.2. The summed E-state index contributed by atoms with van der Waals surface area (Å²) in [5.74, 6) is -0.926. The maximum atomic E-state index is 13.1. The fourth-order valence-electron chi connectivity index (χ4n) is 2.65. The van der Waals surface area contributed by atoms with Crippen molar-refractivity contribution in [3.8, 4) is 23.1 Å². The van der Waals surface area contributed by atoms with E-state index in [1.54, 1.807) is 26.2 Å². The number of nitriles is 1. The molecule has 2 aromatic carbocycles. The Morgan fingerprint density at radius 3 is 2.50 bits per heavy atom. The molecule has 140 valence electrons. The van der Waals surface area contributed by atoms with Gasteiger partial charge in [-0.2, -0.15) is 5.26 Å². The van der Waals surface area contributed by atoms with Gasteiger partial charge in [-0.1, -0.05) is 12.1 Å². The van der Waals surface area contributed by atoms with Crippen LogP contribution in [0.4, 0.5) is 4.39 Å². The van der Waals surface area contributed by atoms with Crippen molar-refractivity contribution in [1.29, 1.82) is 5.26 Å². The Bertz CT molecular complexity index is 1050. The molecule has 0 fully saturated rings. The molecule has 0 amide bonds. The average molecular weight is 392 g/mol. The Hall–Kier alpha value is -3.30. The first kappa shape index (κ1) is 19.5. The molecule has 0 saturated heterocycles. The molecule has 28 heavy (non-hydrogen) atoms. The van der Waals surface area contributed by atoms with Crippen LogP contribution in [0.5, 0.6) is 5.75 Å². The number of hydrogen-bond acceptors (Lipinski definition) is 5. The van der Waals surface area contributed by atoms with E-state index in [4.69, 9.17) is 4.74 Å². The second-order valence-electron chi connectivity index (χ2n) is 6.10. The number of halogens is 1. The van der Waals surface area contributed by atoms with Gasteiger partial charge in [0.1, 0.15) is 16.6 Å². The monoisotopic (exact) mass is 392 g/mol. The highest BCUT2D eigenvalue weighted by Gasteiger charge is 2.22. The highest BCUT2D eigenvalue weighted by atomic mass is 32.1. The van der Waals surface area contributed by atoms with Gasteiger partial charge < -0.3 is 4.74 Å². The van der Waals surface area contributed by atoms with E-state index < -0.39 is 5.92 Å². The number of nitrogens with zero attached hydrogens (tertiary/aromatic N) is 2. The highest BCUT2D eigenvalue weighted by molar-refractivity contribution is 7.10. The van der Waals surface area contributed by atoms with Gasteiger partial charge in [-0.05, 0) is 60.5 Å². The number of thiazole rings is 1. The molecule has 1 unspecified atom stereocenters. The number of ketones is 1. The van der Waals surface area contributed by atoms with Crippen molar-refractivity contribution in [2.45, 2.75) is 12.8 Å². The lowest BCUT2D eigenvalue weighted by Gasteiger charge is -2.04. The number of carbonyl (C=O) groups is 1. The Kier molecular flexibility index (Phi) is 5.97. The summed E-state index contributed by atoms with van der Waals surface area (Å²) in [6.07, 6.45) is 1.41. The lowest BCUT2D eigenvalue weighted by molar-refractivity contribution is -0.114. The first-order chi connectivity index (χ1) is 13.5. The fraction of sp³-hybridized carbons (Fsp3) is 0.136. The molecule has 1 aromatic heterocycles. The third-order valence-corrected chi connectivity index (χ3v) is 5.14. The van der Waals surface area contributed by atoms with Crippen LogP contribution in [0.25, 0.3) is 16.8 Å². The van der Waals surface area contributed by atoms with Gasteiger partial charge in [0, 0.05) is 10.9 Å². The minimum Gasteiger partial charge on any atom is -0.497 e. The molecular formula is C22H17FN2O2S. The minimum absolute atomic E-state index is 0.341. The van der Waals surface area contributed by atoms with Gasteiger partial charge in [-0.3, -0.25) is 4.79 Å². The van der Waals surface area contributed by atoms with Crippen LogP contribution in [0.15, 0.2) is 60.0 Å². The number of rotatable bonds is 6. The van der Waals surface area contributed by atoms with E-state index in [2.05, 4.69) is 4.98 Å². The molecule has 0 bridgehead atoms. The summed E-state index contributed by atoms with van der Waals surface area (Å²) < 4.78 is 18.2. The number of benzene rings is 2. The van der Waals surface area contributed by atoms with Crippen LogP contribution in [0, 0.1) is 17.1 Å². The Balaban J connectivity index is 1.82. The van der Waals surface area contributed by atoms with E-state index in [9.17, 15) is 14.4 Å². The molecule has 3 aromatic rings. The number of allylic oxidation sites excluding steroid dienone is 2. The van der Waals surface area contributed by atoms with E-state index in [0.29, 0.717) is 16.3 Å². The summed E-state index contributed by atoms with van der Waals surface area (Å²) in [6, 6.07) is 15.3. The van der Waals surface area contributed by atoms with E-state index in [1.807, 2.05) is 35.7 Å². The summed E-state index contributed by atoms with van der Waals surface area (Å²) >= 11 is 1.28. The van der Waals surface area contributed by atoms with E-state index in [-0.39, 0.29) is 11.6 Å². The van der Waals surface area contributed by atoms with Crippen molar-refractivity contribution in [3.05, 3.63) is 76.4 Å². The molecule has 3 rings (SSSR count). The van der Waals surface area contributed by atoms with Crippen molar-refractivity contribution < 1.29 is 13.9 Å². The van der Waals surface area contributed by atoms with Crippen molar-refractivity contribution in [2.24, 2.45) is 0 Å². The zero-order valence-electron chi connectivity index (χ0n) is 15.3. The van der Waals surface area contributed by atoms with Crippen LogP contribution in [0.2, 0.25) is 0 Å². The predicted molar refractivity (Wildman–Crippen MR) is 108 cm³/mol. The molecular weight excluding hydrogens is 375 g/mol. The molecule has 0 aliphatic rings.